The van der Waals surface area contributed by atoms with Crippen LogP contribution in [-0.2, 0) is 27.8 Å². The van der Waals surface area contributed by atoms with Gasteiger partial charge in [-0.2, -0.15) is 0 Å². The number of carbonyl (C=O) groups excluding carboxylic acids is 1. The van der Waals surface area contributed by atoms with Gasteiger partial charge in [0.05, 0.1) is 16.5 Å². The van der Waals surface area contributed by atoms with Crippen molar-refractivity contribution in [2.45, 2.75) is 61.9 Å². The zero-order chi connectivity index (χ0) is 32.0. The van der Waals surface area contributed by atoms with E-state index in [0.29, 0.717) is 29.2 Å². The van der Waals surface area contributed by atoms with Crippen LogP contribution < -0.4 is 4.72 Å². The van der Waals surface area contributed by atoms with Crippen LogP contribution in [0.25, 0.3) is 11.1 Å². The van der Waals surface area contributed by atoms with Crippen molar-refractivity contribution in [1.82, 2.24) is 14.3 Å². The Morgan fingerprint density at radius 2 is 1.42 bits per heavy atom. The first kappa shape index (κ1) is 32.3. The van der Waals surface area contributed by atoms with Crippen LogP contribution >= 0.6 is 11.8 Å². The van der Waals surface area contributed by atoms with E-state index in [1.54, 1.807) is 30.0 Å². The first-order chi connectivity index (χ1) is 21.8. The third kappa shape index (κ3) is 7.08. The van der Waals surface area contributed by atoms with Crippen LogP contribution in [0, 0.1) is 0 Å². The second-order valence-electron chi connectivity index (χ2n) is 11.1. The van der Waals surface area contributed by atoms with Crippen molar-refractivity contribution < 1.29 is 13.2 Å². The van der Waals surface area contributed by atoms with Crippen LogP contribution in [0.15, 0.2) is 119 Å². The number of benzene rings is 4. The second kappa shape index (κ2) is 14.3. The van der Waals surface area contributed by atoms with Crippen LogP contribution in [0.1, 0.15) is 67.2 Å². The number of nitrogens with zero attached hydrogens (tertiary/aromatic N) is 2. The summed E-state index contributed by atoms with van der Waals surface area (Å²) in [6.45, 7) is 7.24. The van der Waals surface area contributed by atoms with Gasteiger partial charge in [-0.25, -0.2) is 18.1 Å². The Morgan fingerprint density at radius 1 is 0.844 bits per heavy atom. The smallest absolute Gasteiger partial charge is 0.264 e. The molecule has 0 radical (unpaired) electrons. The standard InChI is InChI=1S/C37H39N3O3S2/c1-5-26(3)35-38-37(44-4)32(6-2)40(35)25-27-21-23-28(24-22-27)31-19-13-14-20-33(31)45(42,43)39-36(41)34(29-15-9-7-10-16-29)30-17-11-8-12-18-30/h7-24,26,34H,5-6,25H2,1-4H3,(H,39,41). The fourth-order valence-corrected chi connectivity index (χ4v) is 7.57. The number of aromatic nitrogens is 2. The van der Waals surface area contributed by atoms with E-state index in [4.69, 9.17) is 4.98 Å². The zero-order valence-electron chi connectivity index (χ0n) is 26.1. The van der Waals surface area contributed by atoms with Crippen LogP contribution in [0.5, 0.6) is 0 Å². The molecule has 5 aromatic rings. The Kier molecular flexibility index (Phi) is 10.3. The van der Waals surface area contributed by atoms with Gasteiger partial charge in [0.25, 0.3) is 10.0 Å². The second-order valence-corrected chi connectivity index (χ2v) is 13.5. The maximum Gasteiger partial charge on any atom is 0.264 e. The van der Waals surface area contributed by atoms with Crippen molar-refractivity contribution in [3.63, 3.8) is 0 Å². The van der Waals surface area contributed by atoms with Gasteiger partial charge in [-0.15, -0.1) is 11.8 Å². The van der Waals surface area contributed by atoms with E-state index in [-0.39, 0.29) is 4.90 Å². The minimum Gasteiger partial charge on any atom is -0.326 e. The van der Waals surface area contributed by atoms with E-state index in [0.717, 1.165) is 34.8 Å². The number of amides is 1. The molecule has 1 atom stereocenters. The Balaban J connectivity index is 1.43. The number of carbonyl (C=O) groups is 1. The minimum absolute atomic E-state index is 0.0533. The molecule has 0 saturated carbocycles. The predicted octanol–water partition coefficient (Wildman–Crippen LogP) is 8.03. The summed E-state index contributed by atoms with van der Waals surface area (Å²) < 4.78 is 32.3. The molecule has 5 rings (SSSR count). The highest BCUT2D eigenvalue weighted by atomic mass is 32.2. The number of thioether (sulfide) groups is 1. The van der Waals surface area contributed by atoms with E-state index in [9.17, 15) is 13.2 Å². The van der Waals surface area contributed by atoms with Crippen molar-refractivity contribution in [2.24, 2.45) is 0 Å². The fourth-order valence-electron chi connectivity index (χ4n) is 5.67. The average molecular weight is 638 g/mol. The number of nitrogens with one attached hydrogen (secondary N) is 1. The molecule has 0 aliphatic carbocycles. The normalized spacial score (nSPS) is 12.3. The summed E-state index contributed by atoms with van der Waals surface area (Å²) in [4.78, 5) is 18.7. The molecule has 1 heterocycles. The SMILES string of the molecule is CCc1c(SC)nc(C(C)CC)n1Cc1ccc(-c2ccccc2S(=O)(=O)NC(=O)C(c2ccccc2)c2ccccc2)cc1. The maximum atomic E-state index is 13.8. The summed E-state index contributed by atoms with van der Waals surface area (Å²) in [6, 6.07) is 33.2. The lowest BCUT2D eigenvalue weighted by atomic mass is 9.91. The van der Waals surface area contributed by atoms with E-state index in [2.05, 4.69) is 36.3 Å². The molecular weight excluding hydrogens is 599 g/mol. The number of rotatable bonds is 12. The molecule has 0 aliphatic heterocycles. The van der Waals surface area contributed by atoms with Crippen LogP contribution in [0.3, 0.4) is 0 Å². The fraction of sp³-hybridized carbons (Fsp3) is 0.243. The van der Waals surface area contributed by atoms with Gasteiger partial charge in [0, 0.05) is 18.0 Å². The molecule has 1 unspecified atom stereocenters. The van der Waals surface area contributed by atoms with Gasteiger partial charge in [-0.05, 0) is 47.4 Å². The molecule has 6 nitrogen and oxygen atoms in total. The number of sulfonamides is 1. The summed E-state index contributed by atoms with van der Waals surface area (Å²) in [5, 5.41) is 1.08. The van der Waals surface area contributed by atoms with Crippen molar-refractivity contribution in [2.75, 3.05) is 6.26 Å². The first-order valence-corrected chi connectivity index (χ1v) is 18.0. The Labute approximate surface area is 271 Å². The Hall–Kier alpha value is -4.14. The molecule has 1 amide bonds. The molecule has 4 aromatic carbocycles. The average Bonchev–Trinajstić information content (AvgIpc) is 3.42. The van der Waals surface area contributed by atoms with E-state index >= 15 is 0 Å². The van der Waals surface area contributed by atoms with E-state index in [1.807, 2.05) is 91.0 Å². The molecule has 1 aromatic heterocycles. The summed E-state index contributed by atoms with van der Waals surface area (Å²) in [5.74, 6) is 0.0495. The Morgan fingerprint density at radius 3 is 1.98 bits per heavy atom. The molecule has 8 heteroatoms. The van der Waals surface area contributed by atoms with Crippen molar-refractivity contribution >= 4 is 27.7 Å². The van der Waals surface area contributed by atoms with Gasteiger partial charge in [0.15, 0.2) is 0 Å². The maximum absolute atomic E-state index is 13.8. The Bertz CT molecular complexity index is 1810. The molecule has 0 saturated heterocycles. The summed E-state index contributed by atoms with van der Waals surface area (Å²) in [6.07, 6.45) is 3.97. The summed E-state index contributed by atoms with van der Waals surface area (Å²) in [7, 11) is -4.20. The quantitative estimate of drug-likeness (QED) is 0.140. The van der Waals surface area contributed by atoms with Crippen molar-refractivity contribution in [3.05, 3.63) is 137 Å². The van der Waals surface area contributed by atoms with Gasteiger partial charge in [0.1, 0.15) is 10.9 Å². The van der Waals surface area contributed by atoms with Crippen molar-refractivity contribution in [3.8, 4) is 11.1 Å². The van der Waals surface area contributed by atoms with Gasteiger partial charge < -0.3 is 4.57 Å². The third-order valence-electron chi connectivity index (χ3n) is 8.19. The lowest BCUT2D eigenvalue weighted by Gasteiger charge is -2.19. The van der Waals surface area contributed by atoms with Gasteiger partial charge in [-0.1, -0.05) is 124 Å². The van der Waals surface area contributed by atoms with E-state index in [1.165, 1.54) is 5.69 Å². The molecular formula is C37H39N3O3S2. The van der Waals surface area contributed by atoms with Crippen LogP contribution in [0.4, 0.5) is 0 Å². The van der Waals surface area contributed by atoms with E-state index < -0.39 is 21.8 Å². The first-order valence-electron chi connectivity index (χ1n) is 15.3. The zero-order valence-corrected chi connectivity index (χ0v) is 27.7. The lowest BCUT2D eigenvalue weighted by molar-refractivity contribution is -0.119. The van der Waals surface area contributed by atoms with Gasteiger partial charge >= 0.3 is 0 Å². The van der Waals surface area contributed by atoms with Crippen LogP contribution in [0.2, 0.25) is 0 Å². The summed E-state index contributed by atoms with van der Waals surface area (Å²) in [5.41, 5.74) is 5.05. The summed E-state index contributed by atoms with van der Waals surface area (Å²) >= 11 is 1.68. The lowest BCUT2D eigenvalue weighted by Crippen LogP contribution is -2.35. The molecule has 45 heavy (non-hydrogen) atoms. The highest BCUT2D eigenvalue weighted by Crippen LogP contribution is 2.31. The highest BCUT2D eigenvalue weighted by molar-refractivity contribution is 7.98. The number of hydrogen-bond acceptors (Lipinski definition) is 5. The minimum atomic E-state index is -4.20. The number of imidazole rings is 1. The monoisotopic (exact) mass is 637 g/mol. The predicted molar refractivity (Wildman–Crippen MR) is 183 cm³/mol. The molecule has 0 bridgehead atoms. The highest BCUT2D eigenvalue weighted by Gasteiger charge is 2.29. The molecule has 0 aliphatic rings. The van der Waals surface area contributed by atoms with Crippen molar-refractivity contribution in [1.29, 1.82) is 0 Å². The molecule has 0 fully saturated rings. The number of hydrogen-bond donors (Lipinski definition) is 1. The topological polar surface area (TPSA) is 81.1 Å². The largest absolute Gasteiger partial charge is 0.326 e. The third-order valence-corrected chi connectivity index (χ3v) is 10.3. The van der Waals surface area contributed by atoms with Gasteiger partial charge in [0.2, 0.25) is 5.91 Å². The van der Waals surface area contributed by atoms with Crippen LogP contribution in [-0.4, -0.2) is 30.1 Å². The molecule has 1 N–H and O–H groups in total. The van der Waals surface area contributed by atoms with Gasteiger partial charge in [-0.3, -0.25) is 4.79 Å². The molecule has 0 spiro atoms. The molecule has 232 valence electrons.